The van der Waals surface area contributed by atoms with Gasteiger partial charge in [0.15, 0.2) is 11.5 Å². The first-order chi connectivity index (χ1) is 9.67. The number of ether oxygens (including phenoxy) is 2. The summed E-state index contributed by atoms with van der Waals surface area (Å²) in [5.41, 5.74) is 1.20. The fourth-order valence-electron chi connectivity index (χ4n) is 2.39. The summed E-state index contributed by atoms with van der Waals surface area (Å²) in [6, 6.07) is 6.43. The van der Waals surface area contributed by atoms with E-state index in [-0.39, 0.29) is 0 Å². The quantitative estimate of drug-likeness (QED) is 0.735. The molecule has 0 bridgehead atoms. The largest absolute Gasteiger partial charge is 0.493 e. The highest BCUT2D eigenvalue weighted by atomic mass is 16.5. The van der Waals surface area contributed by atoms with Gasteiger partial charge in [0.25, 0.3) is 0 Å². The first kappa shape index (κ1) is 16.8. The standard InChI is InChI=1S/C17H29NO2/c1-6-11-18-15(12-13(3)7-2)14-9-8-10-16(19-4)17(14)20-5/h8-10,13,15,18H,6-7,11-12H2,1-5H3. The summed E-state index contributed by atoms with van der Waals surface area (Å²) in [6.07, 6.45) is 3.43. The Balaban J connectivity index is 3.05. The fourth-order valence-corrected chi connectivity index (χ4v) is 2.39. The molecule has 0 aromatic heterocycles. The van der Waals surface area contributed by atoms with E-state index in [4.69, 9.17) is 9.47 Å². The lowest BCUT2D eigenvalue weighted by Gasteiger charge is -2.24. The topological polar surface area (TPSA) is 30.5 Å². The zero-order valence-electron chi connectivity index (χ0n) is 13.5. The second kappa shape index (κ2) is 8.85. The maximum absolute atomic E-state index is 5.58. The molecule has 0 heterocycles. The predicted molar refractivity (Wildman–Crippen MR) is 84.7 cm³/mol. The summed E-state index contributed by atoms with van der Waals surface area (Å²) >= 11 is 0. The summed E-state index contributed by atoms with van der Waals surface area (Å²) < 4.78 is 11.0. The minimum atomic E-state index is 0.315. The van der Waals surface area contributed by atoms with Gasteiger partial charge in [-0.1, -0.05) is 39.3 Å². The summed E-state index contributed by atoms with van der Waals surface area (Å²) in [5, 5.41) is 3.64. The van der Waals surface area contributed by atoms with E-state index in [9.17, 15) is 0 Å². The van der Waals surface area contributed by atoms with Crippen molar-refractivity contribution in [3.63, 3.8) is 0 Å². The Hall–Kier alpha value is -1.22. The van der Waals surface area contributed by atoms with Crippen LogP contribution in [0.3, 0.4) is 0 Å². The molecule has 0 aliphatic carbocycles. The molecule has 1 rings (SSSR count). The molecule has 2 unspecified atom stereocenters. The van der Waals surface area contributed by atoms with Crippen LogP contribution in [0, 0.1) is 5.92 Å². The van der Waals surface area contributed by atoms with Gasteiger partial charge in [0.2, 0.25) is 0 Å². The average Bonchev–Trinajstić information content (AvgIpc) is 2.50. The zero-order chi connectivity index (χ0) is 15.0. The van der Waals surface area contributed by atoms with E-state index in [1.165, 1.54) is 12.0 Å². The van der Waals surface area contributed by atoms with Gasteiger partial charge in [-0.3, -0.25) is 0 Å². The first-order valence-electron chi connectivity index (χ1n) is 7.62. The van der Waals surface area contributed by atoms with E-state index in [0.717, 1.165) is 30.9 Å². The van der Waals surface area contributed by atoms with Crippen molar-refractivity contribution in [1.29, 1.82) is 0 Å². The summed E-state index contributed by atoms with van der Waals surface area (Å²) in [7, 11) is 3.40. The van der Waals surface area contributed by atoms with Crippen LogP contribution >= 0.6 is 0 Å². The van der Waals surface area contributed by atoms with Crippen LogP contribution in [-0.4, -0.2) is 20.8 Å². The molecule has 1 aromatic carbocycles. The highest BCUT2D eigenvalue weighted by Gasteiger charge is 2.20. The van der Waals surface area contributed by atoms with Crippen LogP contribution in [0.5, 0.6) is 11.5 Å². The Morgan fingerprint density at radius 1 is 1.15 bits per heavy atom. The molecule has 1 N–H and O–H groups in total. The summed E-state index contributed by atoms with van der Waals surface area (Å²) in [6.45, 7) is 7.75. The van der Waals surface area contributed by atoms with Gasteiger partial charge in [0.1, 0.15) is 0 Å². The Bertz CT molecular complexity index is 393. The molecule has 0 amide bonds. The van der Waals surface area contributed by atoms with Gasteiger partial charge in [-0.05, 0) is 31.4 Å². The fraction of sp³-hybridized carbons (Fsp3) is 0.647. The molecule has 114 valence electrons. The molecule has 0 spiro atoms. The van der Waals surface area contributed by atoms with Gasteiger partial charge in [-0.2, -0.15) is 0 Å². The first-order valence-corrected chi connectivity index (χ1v) is 7.62. The number of rotatable bonds is 9. The van der Waals surface area contributed by atoms with Crippen LogP contribution in [0.1, 0.15) is 51.6 Å². The Morgan fingerprint density at radius 3 is 2.45 bits per heavy atom. The maximum atomic E-state index is 5.58. The number of methoxy groups -OCH3 is 2. The van der Waals surface area contributed by atoms with Crippen molar-refractivity contribution >= 4 is 0 Å². The van der Waals surface area contributed by atoms with Crippen molar-refractivity contribution in [2.45, 2.75) is 46.1 Å². The SMILES string of the molecule is CCCNC(CC(C)CC)c1cccc(OC)c1OC. The number of para-hydroxylation sites is 1. The summed E-state index contributed by atoms with van der Waals surface area (Å²) in [5.74, 6) is 2.34. The molecular weight excluding hydrogens is 250 g/mol. The van der Waals surface area contributed by atoms with Gasteiger partial charge in [0.05, 0.1) is 14.2 Å². The molecule has 1 aromatic rings. The molecule has 20 heavy (non-hydrogen) atoms. The lowest BCUT2D eigenvalue weighted by atomic mass is 9.93. The Labute approximate surface area is 123 Å². The van der Waals surface area contributed by atoms with Crippen LogP contribution < -0.4 is 14.8 Å². The van der Waals surface area contributed by atoms with Crippen LogP contribution in [0.4, 0.5) is 0 Å². The lowest BCUT2D eigenvalue weighted by Crippen LogP contribution is -2.24. The number of hydrogen-bond donors (Lipinski definition) is 1. The molecule has 2 atom stereocenters. The Kier molecular flexibility index (Phi) is 7.45. The minimum Gasteiger partial charge on any atom is -0.493 e. The van der Waals surface area contributed by atoms with Gasteiger partial charge in [0, 0.05) is 11.6 Å². The van der Waals surface area contributed by atoms with Gasteiger partial charge in [-0.15, -0.1) is 0 Å². The summed E-state index contributed by atoms with van der Waals surface area (Å²) in [4.78, 5) is 0. The van der Waals surface area contributed by atoms with E-state index >= 15 is 0 Å². The van der Waals surface area contributed by atoms with Crippen LogP contribution in [0.15, 0.2) is 18.2 Å². The minimum absolute atomic E-state index is 0.315. The van der Waals surface area contributed by atoms with Gasteiger partial charge >= 0.3 is 0 Å². The number of hydrogen-bond acceptors (Lipinski definition) is 3. The van der Waals surface area contributed by atoms with Crippen molar-refractivity contribution in [1.82, 2.24) is 5.32 Å². The van der Waals surface area contributed by atoms with Crippen molar-refractivity contribution in [2.75, 3.05) is 20.8 Å². The van der Waals surface area contributed by atoms with Crippen molar-refractivity contribution in [3.05, 3.63) is 23.8 Å². The normalized spacial score (nSPS) is 13.8. The van der Waals surface area contributed by atoms with Gasteiger partial charge < -0.3 is 14.8 Å². The van der Waals surface area contributed by atoms with Crippen molar-refractivity contribution < 1.29 is 9.47 Å². The second-order valence-corrected chi connectivity index (χ2v) is 5.34. The molecule has 0 radical (unpaired) electrons. The Morgan fingerprint density at radius 2 is 1.90 bits per heavy atom. The van der Waals surface area contributed by atoms with Crippen LogP contribution in [0.25, 0.3) is 0 Å². The van der Waals surface area contributed by atoms with E-state index in [1.807, 2.05) is 12.1 Å². The highest BCUT2D eigenvalue weighted by molar-refractivity contribution is 5.48. The van der Waals surface area contributed by atoms with E-state index in [1.54, 1.807) is 14.2 Å². The molecule has 0 saturated heterocycles. The highest BCUT2D eigenvalue weighted by Crippen LogP contribution is 2.37. The van der Waals surface area contributed by atoms with E-state index in [0.29, 0.717) is 12.0 Å². The molecule has 3 nitrogen and oxygen atoms in total. The average molecular weight is 279 g/mol. The molecular formula is C17H29NO2. The molecule has 3 heteroatoms. The smallest absolute Gasteiger partial charge is 0.165 e. The van der Waals surface area contributed by atoms with Crippen LogP contribution in [0.2, 0.25) is 0 Å². The lowest BCUT2D eigenvalue weighted by molar-refractivity contribution is 0.337. The van der Waals surface area contributed by atoms with Crippen molar-refractivity contribution in [3.8, 4) is 11.5 Å². The van der Waals surface area contributed by atoms with E-state index in [2.05, 4.69) is 32.2 Å². The second-order valence-electron chi connectivity index (χ2n) is 5.34. The van der Waals surface area contributed by atoms with Crippen LogP contribution in [-0.2, 0) is 0 Å². The maximum Gasteiger partial charge on any atom is 0.165 e. The van der Waals surface area contributed by atoms with Crippen molar-refractivity contribution in [2.24, 2.45) is 5.92 Å². The molecule has 0 aliphatic heterocycles. The number of benzene rings is 1. The third kappa shape index (κ3) is 4.41. The zero-order valence-corrected chi connectivity index (χ0v) is 13.5. The monoisotopic (exact) mass is 279 g/mol. The number of nitrogens with one attached hydrogen (secondary N) is 1. The van der Waals surface area contributed by atoms with E-state index < -0.39 is 0 Å². The van der Waals surface area contributed by atoms with Gasteiger partial charge in [-0.25, -0.2) is 0 Å². The molecule has 0 fully saturated rings. The molecule has 0 aliphatic rings. The third-order valence-electron chi connectivity index (χ3n) is 3.78. The molecule has 0 saturated carbocycles. The third-order valence-corrected chi connectivity index (χ3v) is 3.78. The predicted octanol–water partition coefficient (Wildman–Crippen LogP) is 4.18.